The lowest BCUT2D eigenvalue weighted by Gasteiger charge is -2.14. The van der Waals surface area contributed by atoms with Crippen LogP contribution in [0.15, 0.2) is 77.8 Å². The second-order valence-corrected chi connectivity index (χ2v) is 8.67. The van der Waals surface area contributed by atoms with E-state index in [4.69, 9.17) is 4.99 Å². The standard InChI is InChI=1S/C28H30N4O2/c1-4-29-27(33)21-12-15-23-24(18-21)31-28(34)25(23)26(20-8-6-5-7-9-20)30-22-13-10-19(11-14-22)16-17-32(2)3/h5-15,18,25H,4,16-17H2,1-3H3,(H,29,33)(H,31,34). The Morgan fingerprint density at radius 3 is 2.41 bits per heavy atom. The maximum Gasteiger partial charge on any atom is 0.251 e. The van der Waals surface area contributed by atoms with Crippen LogP contribution in [-0.2, 0) is 11.2 Å². The molecule has 3 aromatic carbocycles. The number of hydrogen-bond donors (Lipinski definition) is 2. The molecule has 0 bridgehead atoms. The van der Waals surface area contributed by atoms with Gasteiger partial charge in [-0.1, -0.05) is 48.5 Å². The summed E-state index contributed by atoms with van der Waals surface area (Å²) in [6.07, 6.45) is 0.967. The fourth-order valence-corrected chi connectivity index (χ4v) is 4.07. The quantitative estimate of drug-likeness (QED) is 0.496. The molecule has 0 saturated carbocycles. The third kappa shape index (κ3) is 5.24. The number of likely N-dealkylation sites (N-methyl/N-ethyl adjacent to an activating group) is 1. The van der Waals surface area contributed by atoms with Crippen molar-refractivity contribution in [3.63, 3.8) is 0 Å². The highest BCUT2D eigenvalue weighted by Gasteiger charge is 2.35. The number of nitrogens with one attached hydrogen (secondary N) is 2. The summed E-state index contributed by atoms with van der Waals surface area (Å²) in [5.74, 6) is -0.864. The predicted octanol–water partition coefficient (Wildman–Crippen LogP) is 4.40. The second-order valence-electron chi connectivity index (χ2n) is 8.67. The van der Waals surface area contributed by atoms with Crippen LogP contribution in [0.5, 0.6) is 0 Å². The fourth-order valence-electron chi connectivity index (χ4n) is 4.07. The van der Waals surface area contributed by atoms with Crippen LogP contribution in [0, 0.1) is 0 Å². The van der Waals surface area contributed by atoms with Crippen molar-refractivity contribution in [2.45, 2.75) is 19.3 Å². The molecule has 1 atom stereocenters. The van der Waals surface area contributed by atoms with Crippen LogP contribution in [0.4, 0.5) is 11.4 Å². The molecule has 0 aliphatic carbocycles. The van der Waals surface area contributed by atoms with Crippen LogP contribution in [-0.4, -0.2) is 49.6 Å². The average molecular weight is 455 g/mol. The van der Waals surface area contributed by atoms with Gasteiger partial charge in [0.05, 0.1) is 11.4 Å². The first-order valence-corrected chi connectivity index (χ1v) is 11.6. The zero-order valence-electron chi connectivity index (χ0n) is 19.8. The molecule has 174 valence electrons. The van der Waals surface area contributed by atoms with Gasteiger partial charge in [0.1, 0.15) is 5.92 Å². The first kappa shape index (κ1) is 23.4. The zero-order chi connectivity index (χ0) is 24.1. The molecule has 4 rings (SSSR count). The van der Waals surface area contributed by atoms with Gasteiger partial charge >= 0.3 is 0 Å². The molecule has 6 heteroatoms. The molecule has 34 heavy (non-hydrogen) atoms. The van der Waals surface area contributed by atoms with Crippen molar-refractivity contribution in [1.29, 1.82) is 0 Å². The number of anilines is 1. The van der Waals surface area contributed by atoms with Gasteiger partial charge in [0, 0.05) is 24.3 Å². The first-order chi connectivity index (χ1) is 16.5. The Bertz CT molecular complexity index is 1200. The van der Waals surface area contributed by atoms with E-state index in [2.05, 4.69) is 41.8 Å². The van der Waals surface area contributed by atoms with Gasteiger partial charge in [0.2, 0.25) is 5.91 Å². The van der Waals surface area contributed by atoms with E-state index < -0.39 is 5.92 Å². The molecular weight excluding hydrogens is 424 g/mol. The summed E-state index contributed by atoms with van der Waals surface area (Å²) in [6.45, 7) is 3.40. The summed E-state index contributed by atoms with van der Waals surface area (Å²) in [5.41, 5.74) is 5.62. The molecule has 1 aliphatic heterocycles. The summed E-state index contributed by atoms with van der Waals surface area (Å²) < 4.78 is 0. The lowest BCUT2D eigenvalue weighted by molar-refractivity contribution is -0.115. The van der Waals surface area contributed by atoms with Crippen molar-refractivity contribution in [3.8, 4) is 0 Å². The number of benzene rings is 3. The number of fused-ring (bicyclic) bond motifs is 1. The first-order valence-electron chi connectivity index (χ1n) is 11.6. The molecule has 1 heterocycles. The van der Waals surface area contributed by atoms with Gasteiger partial charge in [-0.25, -0.2) is 0 Å². The van der Waals surface area contributed by atoms with Gasteiger partial charge in [0.25, 0.3) is 5.91 Å². The highest BCUT2D eigenvalue weighted by atomic mass is 16.2. The number of hydrogen-bond acceptors (Lipinski definition) is 4. The maximum atomic E-state index is 13.1. The highest BCUT2D eigenvalue weighted by molar-refractivity contribution is 6.24. The molecule has 1 unspecified atom stereocenters. The smallest absolute Gasteiger partial charge is 0.251 e. The molecule has 0 radical (unpaired) electrons. The zero-order valence-corrected chi connectivity index (χ0v) is 19.8. The van der Waals surface area contributed by atoms with Crippen LogP contribution in [0.1, 0.15) is 39.9 Å². The molecule has 2 amide bonds. The highest BCUT2D eigenvalue weighted by Crippen LogP contribution is 2.37. The normalized spacial score (nSPS) is 15.2. The fraction of sp³-hybridized carbons (Fsp3) is 0.250. The Labute approximate surface area is 200 Å². The van der Waals surface area contributed by atoms with Crippen molar-refractivity contribution < 1.29 is 9.59 Å². The van der Waals surface area contributed by atoms with Crippen molar-refractivity contribution >= 4 is 28.9 Å². The van der Waals surface area contributed by atoms with E-state index >= 15 is 0 Å². The monoisotopic (exact) mass is 454 g/mol. The maximum absolute atomic E-state index is 13.1. The Morgan fingerprint density at radius 2 is 1.74 bits per heavy atom. The van der Waals surface area contributed by atoms with E-state index in [-0.39, 0.29) is 11.8 Å². The Kier molecular flexibility index (Phi) is 7.18. The predicted molar refractivity (Wildman–Crippen MR) is 137 cm³/mol. The van der Waals surface area contributed by atoms with Gasteiger partial charge in [0.15, 0.2) is 0 Å². The molecule has 1 aliphatic rings. The Balaban J connectivity index is 1.71. The number of nitrogens with zero attached hydrogens (tertiary/aromatic N) is 2. The van der Waals surface area contributed by atoms with Crippen LogP contribution in [0.25, 0.3) is 0 Å². The van der Waals surface area contributed by atoms with Crippen LogP contribution in [0.2, 0.25) is 0 Å². The van der Waals surface area contributed by atoms with E-state index in [9.17, 15) is 9.59 Å². The largest absolute Gasteiger partial charge is 0.352 e. The summed E-state index contributed by atoms with van der Waals surface area (Å²) in [7, 11) is 4.13. The average Bonchev–Trinajstić information content (AvgIpc) is 3.17. The number of carbonyl (C=O) groups excluding carboxylic acids is 2. The van der Waals surface area contributed by atoms with Gasteiger partial charge in [-0.05, 0) is 68.4 Å². The van der Waals surface area contributed by atoms with E-state index in [0.717, 1.165) is 29.8 Å². The van der Waals surface area contributed by atoms with Crippen molar-refractivity contribution in [2.24, 2.45) is 4.99 Å². The number of aliphatic imine (C=N–C) groups is 1. The SMILES string of the molecule is CCNC(=O)c1ccc2c(c1)NC(=O)C2C(=Nc1ccc(CCN(C)C)cc1)c1ccccc1. The summed E-state index contributed by atoms with van der Waals surface area (Å²) in [4.78, 5) is 32.5. The molecule has 0 aromatic heterocycles. The minimum absolute atomic E-state index is 0.145. The number of amides is 2. The summed E-state index contributed by atoms with van der Waals surface area (Å²) >= 11 is 0. The topological polar surface area (TPSA) is 73.8 Å². The van der Waals surface area contributed by atoms with Crippen LogP contribution < -0.4 is 10.6 Å². The van der Waals surface area contributed by atoms with Crippen LogP contribution >= 0.6 is 0 Å². The lowest BCUT2D eigenvalue weighted by atomic mass is 9.90. The van der Waals surface area contributed by atoms with E-state index in [1.807, 2.05) is 55.5 Å². The molecule has 0 fully saturated rings. The van der Waals surface area contributed by atoms with Gasteiger partial charge in [-0.15, -0.1) is 0 Å². The minimum atomic E-state index is -0.561. The number of carbonyl (C=O) groups is 2. The molecule has 0 saturated heterocycles. The van der Waals surface area contributed by atoms with Gasteiger partial charge in [-0.3, -0.25) is 14.6 Å². The minimum Gasteiger partial charge on any atom is -0.352 e. The van der Waals surface area contributed by atoms with E-state index in [1.54, 1.807) is 12.1 Å². The summed E-state index contributed by atoms with van der Waals surface area (Å²) in [5, 5.41) is 5.75. The second kappa shape index (κ2) is 10.4. The van der Waals surface area contributed by atoms with Crippen molar-refractivity contribution in [1.82, 2.24) is 10.2 Å². The Morgan fingerprint density at radius 1 is 1.00 bits per heavy atom. The molecule has 6 nitrogen and oxygen atoms in total. The van der Waals surface area contributed by atoms with Crippen LogP contribution in [0.3, 0.4) is 0 Å². The molecular formula is C28H30N4O2. The molecule has 2 N–H and O–H groups in total. The van der Waals surface area contributed by atoms with Crippen molar-refractivity contribution in [3.05, 3.63) is 95.1 Å². The van der Waals surface area contributed by atoms with Crippen molar-refractivity contribution in [2.75, 3.05) is 32.5 Å². The third-order valence-electron chi connectivity index (χ3n) is 5.86. The lowest BCUT2D eigenvalue weighted by Crippen LogP contribution is -2.22. The van der Waals surface area contributed by atoms with E-state index in [0.29, 0.717) is 23.5 Å². The van der Waals surface area contributed by atoms with Gasteiger partial charge in [-0.2, -0.15) is 0 Å². The Hall–Kier alpha value is -3.77. The molecule has 3 aromatic rings. The van der Waals surface area contributed by atoms with Gasteiger partial charge < -0.3 is 15.5 Å². The number of rotatable bonds is 8. The molecule has 0 spiro atoms. The van der Waals surface area contributed by atoms with E-state index in [1.165, 1.54) is 5.56 Å². The third-order valence-corrected chi connectivity index (χ3v) is 5.86. The summed E-state index contributed by atoms with van der Waals surface area (Å²) in [6, 6.07) is 23.3.